The molecule has 0 atom stereocenters. The molecule has 0 radical (unpaired) electrons. The molecule has 1 nitrogen and oxygen atoms in total. The number of hydrogen-bond acceptors (Lipinski definition) is 1. The quantitative estimate of drug-likeness (QED) is 0.350. The topological polar surface area (TPSA) is 9.23 Å². The van der Waals surface area contributed by atoms with E-state index in [1.54, 1.807) is 12.1 Å². The molecule has 0 spiro atoms. The summed E-state index contributed by atoms with van der Waals surface area (Å²) in [6.07, 6.45) is -3.76. The Morgan fingerprint density at radius 3 is 1.87 bits per heavy atom. The van der Waals surface area contributed by atoms with Gasteiger partial charge in [-0.1, -0.05) is 18.2 Å². The molecular weight excluding hydrogens is 413 g/mol. The lowest BCUT2D eigenvalue weighted by Gasteiger charge is -2.27. The van der Waals surface area contributed by atoms with Crippen LogP contribution >= 0.6 is 0 Å². The number of rotatable bonds is 5. The van der Waals surface area contributed by atoms with Gasteiger partial charge >= 0.3 is 12.3 Å². The van der Waals surface area contributed by atoms with Gasteiger partial charge in [-0.2, -0.15) is 22.0 Å². The molecule has 0 aliphatic heterocycles. The molecule has 2 aromatic carbocycles. The molecule has 162 valence electrons. The highest BCUT2D eigenvalue weighted by Gasteiger charge is 2.42. The SMILES string of the molecule is C=CC1CCC(c2ccc(OC(F)(F)c3cc(F)c(C(F)(F)F)c(F)c3)cc2)CC1. The molecule has 0 unspecified atom stereocenters. The van der Waals surface area contributed by atoms with Crippen molar-refractivity contribution in [2.45, 2.75) is 43.9 Å². The Balaban J connectivity index is 1.75. The first-order valence-electron chi connectivity index (χ1n) is 9.37. The summed E-state index contributed by atoms with van der Waals surface area (Å²) in [6, 6.07) is 5.74. The zero-order chi connectivity index (χ0) is 22.1. The number of hydrogen-bond donors (Lipinski definition) is 0. The van der Waals surface area contributed by atoms with Crippen molar-refractivity contribution in [2.24, 2.45) is 5.92 Å². The van der Waals surface area contributed by atoms with Crippen molar-refractivity contribution in [3.05, 3.63) is 77.4 Å². The monoisotopic (exact) mass is 432 g/mol. The first-order chi connectivity index (χ1) is 14.0. The minimum Gasteiger partial charge on any atom is -0.429 e. The first kappa shape index (κ1) is 22.2. The lowest BCUT2D eigenvalue weighted by atomic mass is 9.79. The molecule has 8 heteroatoms. The molecule has 2 aromatic rings. The van der Waals surface area contributed by atoms with Gasteiger partial charge in [0.1, 0.15) is 22.9 Å². The van der Waals surface area contributed by atoms with Gasteiger partial charge in [-0.25, -0.2) is 8.78 Å². The Labute approximate surface area is 169 Å². The molecule has 0 saturated heterocycles. The van der Waals surface area contributed by atoms with Gasteiger partial charge in [0.05, 0.1) is 5.56 Å². The average Bonchev–Trinajstić information content (AvgIpc) is 2.67. The first-order valence-corrected chi connectivity index (χ1v) is 9.37. The molecule has 1 aliphatic rings. The maximum atomic E-state index is 14.3. The van der Waals surface area contributed by atoms with E-state index < -0.39 is 35.0 Å². The van der Waals surface area contributed by atoms with Crippen molar-refractivity contribution in [1.29, 1.82) is 0 Å². The summed E-state index contributed by atoms with van der Waals surface area (Å²) in [5.74, 6) is -3.78. The van der Waals surface area contributed by atoms with E-state index in [1.165, 1.54) is 12.1 Å². The van der Waals surface area contributed by atoms with Crippen molar-refractivity contribution in [3.63, 3.8) is 0 Å². The van der Waals surface area contributed by atoms with Crippen LogP contribution in [-0.4, -0.2) is 0 Å². The van der Waals surface area contributed by atoms with Crippen LogP contribution in [0, 0.1) is 17.6 Å². The third kappa shape index (κ3) is 4.79. The van der Waals surface area contributed by atoms with Gasteiger partial charge in [0.25, 0.3) is 0 Å². The van der Waals surface area contributed by atoms with E-state index in [4.69, 9.17) is 0 Å². The van der Waals surface area contributed by atoms with Gasteiger partial charge in [-0.3, -0.25) is 0 Å². The summed E-state index contributed by atoms with van der Waals surface area (Å²) in [4.78, 5) is 0. The Bertz CT molecular complexity index is 872. The molecule has 0 N–H and O–H groups in total. The van der Waals surface area contributed by atoms with Gasteiger partial charge in [-0.05, 0) is 67.3 Å². The lowest BCUT2D eigenvalue weighted by molar-refractivity contribution is -0.186. The van der Waals surface area contributed by atoms with Crippen LogP contribution in [0.2, 0.25) is 0 Å². The molecule has 30 heavy (non-hydrogen) atoms. The van der Waals surface area contributed by atoms with E-state index in [9.17, 15) is 30.7 Å². The predicted molar refractivity (Wildman–Crippen MR) is 97.2 cm³/mol. The second-order valence-electron chi connectivity index (χ2n) is 7.35. The molecule has 1 fully saturated rings. The van der Waals surface area contributed by atoms with Crippen LogP contribution in [0.3, 0.4) is 0 Å². The van der Waals surface area contributed by atoms with Crippen LogP contribution < -0.4 is 4.74 Å². The number of halogens is 7. The molecular formula is C22H19F7O. The Hall–Kier alpha value is -2.51. The highest BCUT2D eigenvalue weighted by Crippen LogP contribution is 2.39. The van der Waals surface area contributed by atoms with Gasteiger partial charge < -0.3 is 4.74 Å². The number of alkyl halides is 5. The number of ether oxygens (including phenoxy) is 1. The van der Waals surface area contributed by atoms with E-state index in [0.717, 1.165) is 31.2 Å². The highest BCUT2D eigenvalue weighted by molar-refractivity contribution is 5.33. The fourth-order valence-electron chi connectivity index (χ4n) is 3.72. The van der Waals surface area contributed by atoms with Crippen molar-refractivity contribution in [3.8, 4) is 5.75 Å². The highest BCUT2D eigenvalue weighted by atomic mass is 19.4. The van der Waals surface area contributed by atoms with E-state index >= 15 is 0 Å². The van der Waals surface area contributed by atoms with Gasteiger partial charge in [-0.15, -0.1) is 6.58 Å². The summed E-state index contributed by atoms with van der Waals surface area (Å²) in [5, 5.41) is 0. The molecule has 0 aromatic heterocycles. The van der Waals surface area contributed by atoms with Crippen LogP contribution in [0.4, 0.5) is 30.7 Å². The number of benzene rings is 2. The normalized spacial score (nSPS) is 20.1. The Morgan fingerprint density at radius 1 is 0.867 bits per heavy atom. The Kier molecular flexibility index (Phi) is 6.15. The maximum absolute atomic E-state index is 14.3. The fourth-order valence-corrected chi connectivity index (χ4v) is 3.72. The maximum Gasteiger partial charge on any atom is 0.426 e. The van der Waals surface area contributed by atoms with Gasteiger partial charge in [0.15, 0.2) is 0 Å². The summed E-state index contributed by atoms with van der Waals surface area (Å²) in [5.41, 5.74) is -2.62. The van der Waals surface area contributed by atoms with Crippen molar-refractivity contribution in [1.82, 2.24) is 0 Å². The summed E-state index contributed by atoms with van der Waals surface area (Å²) < 4.78 is 98.3. The van der Waals surface area contributed by atoms with E-state index in [2.05, 4.69) is 11.3 Å². The van der Waals surface area contributed by atoms with Crippen LogP contribution in [0.25, 0.3) is 0 Å². The smallest absolute Gasteiger partial charge is 0.426 e. The van der Waals surface area contributed by atoms with Crippen LogP contribution in [0.15, 0.2) is 49.1 Å². The fraction of sp³-hybridized carbons (Fsp3) is 0.364. The zero-order valence-electron chi connectivity index (χ0n) is 15.8. The third-order valence-electron chi connectivity index (χ3n) is 5.36. The lowest BCUT2D eigenvalue weighted by Crippen LogP contribution is -2.23. The molecule has 1 saturated carbocycles. The second kappa shape index (κ2) is 8.32. The molecule has 0 heterocycles. The summed E-state index contributed by atoms with van der Waals surface area (Å²) in [7, 11) is 0. The standard InChI is InChI=1S/C22H19F7O/c1-2-13-3-5-14(6-4-13)15-7-9-17(10-8-15)30-22(28,29)16-11-18(23)20(19(24)12-16)21(25,26)27/h2,7-14H,1,3-6H2. The van der Waals surface area contributed by atoms with Gasteiger partial charge in [0.2, 0.25) is 0 Å². The molecule has 1 aliphatic carbocycles. The van der Waals surface area contributed by atoms with E-state index in [0.29, 0.717) is 5.92 Å². The number of allylic oxidation sites excluding steroid dienone is 1. The molecule has 0 bridgehead atoms. The van der Waals surface area contributed by atoms with E-state index in [1.807, 2.05) is 6.08 Å². The minimum absolute atomic E-state index is 0.0711. The average molecular weight is 432 g/mol. The van der Waals surface area contributed by atoms with Crippen molar-refractivity contribution in [2.75, 3.05) is 0 Å². The van der Waals surface area contributed by atoms with Crippen molar-refractivity contribution < 1.29 is 35.5 Å². The second-order valence-corrected chi connectivity index (χ2v) is 7.35. The summed E-state index contributed by atoms with van der Waals surface area (Å²) in [6.45, 7) is 3.79. The predicted octanol–water partition coefficient (Wildman–Crippen LogP) is 7.57. The van der Waals surface area contributed by atoms with Crippen LogP contribution in [0.5, 0.6) is 5.75 Å². The Morgan fingerprint density at radius 2 is 1.40 bits per heavy atom. The largest absolute Gasteiger partial charge is 0.429 e. The van der Waals surface area contributed by atoms with Crippen molar-refractivity contribution >= 4 is 0 Å². The van der Waals surface area contributed by atoms with Crippen LogP contribution in [-0.2, 0) is 12.3 Å². The molecule has 3 rings (SSSR count). The molecule has 0 amide bonds. The summed E-state index contributed by atoms with van der Waals surface area (Å²) >= 11 is 0. The minimum atomic E-state index is -5.34. The zero-order valence-corrected chi connectivity index (χ0v) is 15.8. The van der Waals surface area contributed by atoms with E-state index in [-0.39, 0.29) is 23.8 Å². The van der Waals surface area contributed by atoms with Crippen LogP contribution in [0.1, 0.15) is 48.3 Å². The van der Waals surface area contributed by atoms with Gasteiger partial charge in [0, 0.05) is 0 Å². The third-order valence-corrected chi connectivity index (χ3v) is 5.36.